The quantitative estimate of drug-likeness (QED) is 0.786. The zero-order valence-corrected chi connectivity index (χ0v) is 13.1. The number of carbonyl (C=O) groups excluding carboxylic acids is 1. The van der Waals surface area contributed by atoms with Crippen LogP contribution < -0.4 is 5.32 Å². The number of benzene rings is 1. The van der Waals surface area contributed by atoms with Gasteiger partial charge in [-0.3, -0.25) is 4.79 Å². The van der Waals surface area contributed by atoms with Gasteiger partial charge >= 0.3 is 0 Å². The van der Waals surface area contributed by atoms with Crippen LogP contribution in [0.1, 0.15) is 39.0 Å². The van der Waals surface area contributed by atoms with Crippen molar-refractivity contribution in [2.75, 3.05) is 5.32 Å². The highest BCUT2D eigenvalue weighted by Crippen LogP contribution is 2.39. The Hall–Kier alpha value is -0.610. The minimum absolute atomic E-state index is 0.0404. The summed E-state index contributed by atoms with van der Waals surface area (Å²) < 4.78 is 13.6. The van der Waals surface area contributed by atoms with Crippen LogP contribution in [-0.2, 0) is 4.79 Å². The Balaban J connectivity index is 2.19. The Bertz CT molecular complexity index is 477. The van der Waals surface area contributed by atoms with E-state index in [2.05, 4.69) is 21.2 Å². The van der Waals surface area contributed by atoms with E-state index in [4.69, 9.17) is 11.6 Å². The zero-order valence-electron chi connectivity index (χ0n) is 10.7. The van der Waals surface area contributed by atoms with Gasteiger partial charge in [0.05, 0.1) is 10.7 Å². The third-order valence-corrected chi connectivity index (χ3v) is 4.67. The van der Waals surface area contributed by atoms with E-state index in [9.17, 15) is 9.18 Å². The van der Waals surface area contributed by atoms with Crippen molar-refractivity contribution >= 4 is 39.1 Å². The molecule has 0 spiro atoms. The predicted molar refractivity (Wildman–Crippen MR) is 78.9 cm³/mol. The van der Waals surface area contributed by atoms with Gasteiger partial charge in [-0.15, -0.1) is 0 Å². The lowest BCUT2D eigenvalue weighted by Gasteiger charge is -2.32. The fourth-order valence-corrected chi connectivity index (χ4v) is 3.38. The smallest absolute Gasteiger partial charge is 0.230 e. The molecule has 1 fully saturated rings. The van der Waals surface area contributed by atoms with Gasteiger partial charge in [0.1, 0.15) is 5.82 Å². The molecular formula is C14H16BrClFNO. The average molecular weight is 349 g/mol. The first-order valence-electron chi connectivity index (χ1n) is 6.38. The number of hydrogen-bond donors (Lipinski definition) is 1. The van der Waals surface area contributed by atoms with Crippen LogP contribution in [0.3, 0.4) is 0 Å². The van der Waals surface area contributed by atoms with Crippen LogP contribution >= 0.6 is 27.5 Å². The van der Waals surface area contributed by atoms with Crippen LogP contribution in [-0.4, -0.2) is 5.91 Å². The van der Waals surface area contributed by atoms with Crippen LogP contribution in [0.2, 0.25) is 5.02 Å². The predicted octanol–water partition coefficient (Wildman–Crippen LogP) is 5.15. The minimum atomic E-state index is -0.432. The molecule has 19 heavy (non-hydrogen) atoms. The third kappa shape index (κ3) is 3.29. The van der Waals surface area contributed by atoms with Gasteiger partial charge in [-0.05, 0) is 40.9 Å². The lowest BCUT2D eigenvalue weighted by Crippen LogP contribution is -2.35. The van der Waals surface area contributed by atoms with Gasteiger partial charge in [-0.25, -0.2) is 4.39 Å². The van der Waals surface area contributed by atoms with Crippen LogP contribution in [0, 0.1) is 11.2 Å². The molecule has 0 unspecified atom stereocenters. The number of anilines is 1. The van der Waals surface area contributed by atoms with Crippen molar-refractivity contribution in [2.24, 2.45) is 5.41 Å². The molecule has 2 nitrogen and oxygen atoms in total. The van der Waals surface area contributed by atoms with E-state index in [1.165, 1.54) is 18.6 Å². The molecule has 0 aliphatic heterocycles. The Morgan fingerprint density at radius 2 is 2.00 bits per heavy atom. The summed E-state index contributed by atoms with van der Waals surface area (Å²) in [6.07, 6.45) is 5.10. The largest absolute Gasteiger partial charge is 0.323 e. The van der Waals surface area contributed by atoms with Gasteiger partial charge in [0.25, 0.3) is 0 Å². The maximum absolute atomic E-state index is 13.1. The fourth-order valence-electron chi connectivity index (χ4n) is 2.49. The van der Waals surface area contributed by atoms with E-state index < -0.39 is 5.82 Å². The summed E-state index contributed by atoms with van der Waals surface area (Å²) in [4.78, 5) is 12.4. The van der Waals surface area contributed by atoms with E-state index in [1.54, 1.807) is 0 Å². The molecule has 0 aromatic heterocycles. The monoisotopic (exact) mass is 347 g/mol. The number of nitrogens with one attached hydrogen (secondary N) is 1. The van der Waals surface area contributed by atoms with Gasteiger partial charge in [0, 0.05) is 9.89 Å². The molecule has 1 aliphatic rings. The standard InChI is InChI=1S/C14H16BrClFNO/c1-14(5-3-2-4-6-14)13(19)18-12-10(15)7-9(17)8-11(12)16/h7-8H,2-6H2,1H3,(H,18,19). The van der Waals surface area contributed by atoms with E-state index in [-0.39, 0.29) is 16.3 Å². The van der Waals surface area contributed by atoms with Crippen molar-refractivity contribution in [3.63, 3.8) is 0 Å². The number of rotatable bonds is 2. The summed E-state index contributed by atoms with van der Waals surface area (Å²) in [5.41, 5.74) is 0.0925. The number of carbonyl (C=O) groups is 1. The molecule has 0 saturated heterocycles. The Labute approximate surface area is 125 Å². The van der Waals surface area contributed by atoms with Crippen LogP contribution in [0.5, 0.6) is 0 Å². The zero-order chi connectivity index (χ0) is 14.0. The van der Waals surface area contributed by atoms with Crippen molar-refractivity contribution in [1.82, 2.24) is 0 Å². The highest BCUT2D eigenvalue weighted by molar-refractivity contribution is 9.10. The van der Waals surface area contributed by atoms with Crippen molar-refractivity contribution in [3.05, 3.63) is 27.4 Å². The minimum Gasteiger partial charge on any atom is -0.323 e. The second-order valence-corrected chi connectivity index (χ2v) is 6.58. The van der Waals surface area contributed by atoms with E-state index >= 15 is 0 Å². The summed E-state index contributed by atoms with van der Waals surface area (Å²) in [5, 5.41) is 3.04. The van der Waals surface area contributed by atoms with Gasteiger partial charge < -0.3 is 5.32 Å². The van der Waals surface area contributed by atoms with Crippen molar-refractivity contribution in [1.29, 1.82) is 0 Å². The third-order valence-electron chi connectivity index (χ3n) is 3.75. The first kappa shape index (κ1) is 14.8. The van der Waals surface area contributed by atoms with Gasteiger partial charge in [-0.1, -0.05) is 37.8 Å². The summed E-state index contributed by atoms with van der Waals surface area (Å²) in [6.45, 7) is 1.98. The van der Waals surface area contributed by atoms with Crippen molar-refractivity contribution in [3.8, 4) is 0 Å². The molecule has 2 rings (SSSR count). The molecule has 1 amide bonds. The lowest BCUT2D eigenvalue weighted by atomic mass is 9.75. The molecule has 1 aliphatic carbocycles. The van der Waals surface area contributed by atoms with Crippen molar-refractivity contribution < 1.29 is 9.18 Å². The number of halogens is 3. The second-order valence-electron chi connectivity index (χ2n) is 5.32. The SMILES string of the molecule is CC1(C(=O)Nc2c(Cl)cc(F)cc2Br)CCCCC1. The average Bonchev–Trinajstić information content (AvgIpc) is 2.34. The maximum Gasteiger partial charge on any atom is 0.230 e. The van der Waals surface area contributed by atoms with Gasteiger partial charge in [0.15, 0.2) is 0 Å². The maximum atomic E-state index is 13.1. The number of hydrogen-bond acceptors (Lipinski definition) is 1. The molecule has 104 valence electrons. The summed E-state index contributed by atoms with van der Waals surface area (Å²) >= 11 is 9.21. The first-order valence-corrected chi connectivity index (χ1v) is 7.55. The molecule has 0 atom stereocenters. The molecular weight excluding hydrogens is 333 g/mol. The normalized spacial score (nSPS) is 18.1. The molecule has 0 radical (unpaired) electrons. The summed E-state index contributed by atoms with van der Waals surface area (Å²) in [5.74, 6) is -0.472. The van der Waals surface area contributed by atoms with Gasteiger partial charge in [-0.2, -0.15) is 0 Å². The summed E-state index contributed by atoms with van der Waals surface area (Å²) in [6, 6.07) is 2.50. The molecule has 0 heterocycles. The Kier molecular flexibility index (Phi) is 4.51. The topological polar surface area (TPSA) is 29.1 Å². The molecule has 1 N–H and O–H groups in total. The molecule has 1 saturated carbocycles. The molecule has 0 bridgehead atoms. The number of amides is 1. The van der Waals surface area contributed by atoms with Crippen LogP contribution in [0.15, 0.2) is 16.6 Å². The van der Waals surface area contributed by atoms with E-state index in [1.807, 2.05) is 6.92 Å². The molecule has 5 heteroatoms. The molecule has 1 aromatic carbocycles. The lowest BCUT2D eigenvalue weighted by molar-refractivity contribution is -0.126. The van der Waals surface area contributed by atoms with Crippen molar-refractivity contribution in [2.45, 2.75) is 39.0 Å². The summed E-state index contributed by atoms with van der Waals surface area (Å²) in [7, 11) is 0. The second kappa shape index (κ2) is 5.80. The first-order chi connectivity index (χ1) is 8.92. The Morgan fingerprint density at radius 3 is 2.58 bits per heavy atom. The van der Waals surface area contributed by atoms with Gasteiger partial charge in [0.2, 0.25) is 5.91 Å². The van der Waals surface area contributed by atoms with Crippen LogP contribution in [0.4, 0.5) is 10.1 Å². The fraction of sp³-hybridized carbons (Fsp3) is 0.500. The Morgan fingerprint density at radius 1 is 1.37 bits per heavy atom. The highest BCUT2D eigenvalue weighted by Gasteiger charge is 2.35. The highest BCUT2D eigenvalue weighted by atomic mass is 79.9. The molecule has 1 aromatic rings. The van der Waals surface area contributed by atoms with Crippen LogP contribution in [0.25, 0.3) is 0 Å². The van der Waals surface area contributed by atoms with E-state index in [0.29, 0.717) is 10.2 Å². The van der Waals surface area contributed by atoms with E-state index in [0.717, 1.165) is 25.7 Å².